The molecular weight excluding hydrogens is 478 g/mol. The summed E-state index contributed by atoms with van der Waals surface area (Å²) in [6.45, 7) is 4.24. The van der Waals surface area contributed by atoms with Gasteiger partial charge in [0, 0.05) is 29.4 Å². The van der Waals surface area contributed by atoms with Crippen LogP contribution in [0.25, 0.3) is 0 Å². The van der Waals surface area contributed by atoms with Gasteiger partial charge in [-0.25, -0.2) is 0 Å². The maximum atomic E-state index is 13.4. The van der Waals surface area contributed by atoms with Crippen LogP contribution in [-0.2, 0) is 22.6 Å². The number of hydrogen-bond donors (Lipinski definition) is 1. The van der Waals surface area contributed by atoms with Gasteiger partial charge in [0.05, 0.1) is 5.69 Å². The van der Waals surface area contributed by atoms with Crippen LogP contribution in [0, 0.1) is 0 Å². The van der Waals surface area contributed by atoms with Gasteiger partial charge in [-0.05, 0) is 73.9 Å². The first-order valence-electron chi connectivity index (χ1n) is 11.8. The van der Waals surface area contributed by atoms with Crippen molar-refractivity contribution in [1.29, 1.82) is 0 Å². The number of nitrogens with one attached hydrogen (secondary N) is 1. The van der Waals surface area contributed by atoms with Gasteiger partial charge in [-0.1, -0.05) is 35.9 Å². The van der Waals surface area contributed by atoms with Crippen LogP contribution >= 0.6 is 11.6 Å². The molecule has 0 aliphatic carbocycles. The third kappa shape index (κ3) is 4.66. The van der Waals surface area contributed by atoms with Crippen molar-refractivity contribution < 1.29 is 19.1 Å². The highest BCUT2D eigenvalue weighted by atomic mass is 35.5. The minimum atomic E-state index is -1.16. The summed E-state index contributed by atoms with van der Waals surface area (Å²) in [5, 5.41) is 3.34. The predicted molar refractivity (Wildman–Crippen MR) is 138 cm³/mol. The van der Waals surface area contributed by atoms with Crippen molar-refractivity contribution in [2.24, 2.45) is 0 Å². The number of nitrogens with zero attached hydrogens (tertiary/aromatic N) is 2. The monoisotopic (exact) mass is 503 g/mol. The van der Waals surface area contributed by atoms with E-state index in [0.717, 1.165) is 12.0 Å². The van der Waals surface area contributed by atoms with Gasteiger partial charge in [0.2, 0.25) is 5.91 Å². The molecule has 5 rings (SSSR count). The van der Waals surface area contributed by atoms with Crippen LogP contribution in [0.4, 0.5) is 11.4 Å². The summed E-state index contributed by atoms with van der Waals surface area (Å²) in [4.78, 5) is 42.7. The number of benzene rings is 3. The molecule has 0 spiro atoms. The quantitative estimate of drug-likeness (QED) is 0.560. The van der Waals surface area contributed by atoms with E-state index >= 15 is 0 Å². The topological polar surface area (TPSA) is 79.0 Å². The summed E-state index contributed by atoms with van der Waals surface area (Å²) in [5.41, 5.74) is 2.64. The fourth-order valence-corrected chi connectivity index (χ4v) is 4.71. The molecule has 0 fully saturated rings. The third-order valence-corrected chi connectivity index (χ3v) is 6.72. The average Bonchev–Trinajstić information content (AvgIpc) is 2.87. The first-order chi connectivity index (χ1) is 17.2. The Labute approximate surface area is 214 Å². The molecular formula is C28H26ClN3O4. The minimum Gasteiger partial charge on any atom is -0.476 e. The van der Waals surface area contributed by atoms with Crippen molar-refractivity contribution in [3.8, 4) is 5.75 Å². The zero-order valence-corrected chi connectivity index (χ0v) is 20.8. The Balaban J connectivity index is 1.40. The molecule has 3 amide bonds. The summed E-state index contributed by atoms with van der Waals surface area (Å²) in [5.74, 6) is -0.425. The van der Waals surface area contributed by atoms with E-state index in [1.54, 1.807) is 61.2 Å². The lowest BCUT2D eigenvalue weighted by molar-refractivity contribution is -0.133. The summed E-state index contributed by atoms with van der Waals surface area (Å²) in [6.07, 6.45) is 0.791. The highest BCUT2D eigenvalue weighted by Crippen LogP contribution is 2.39. The number of ether oxygens (including phenoxy) is 1. The largest absolute Gasteiger partial charge is 0.476 e. The number of carbonyl (C=O) groups is 3. The zero-order chi connectivity index (χ0) is 25.4. The fourth-order valence-electron chi connectivity index (χ4n) is 4.59. The van der Waals surface area contributed by atoms with Crippen LogP contribution in [0.15, 0.2) is 66.7 Å². The lowest BCUT2D eigenvalue weighted by Gasteiger charge is -2.38. The number of rotatable bonds is 4. The molecule has 0 radical (unpaired) electrons. The van der Waals surface area contributed by atoms with Crippen LogP contribution in [0.1, 0.15) is 35.3 Å². The fraction of sp³-hybridized carbons (Fsp3) is 0.250. The highest BCUT2D eigenvalue weighted by Gasteiger charge is 2.42. The highest BCUT2D eigenvalue weighted by molar-refractivity contribution is 6.30. The normalized spacial score (nSPS) is 16.0. The molecule has 0 saturated carbocycles. The van der Waals surface area contributed by atoms with Crippen LogP contribution in [-0.4, -0.2) is 41.3 Å². The van der Waals surface area contributed by atoms with Crippen molar-refractivity contribution in [1.82, 2.24) is 4.90 Å². The SMILES string of the molecule is CC1(C)Oc2ccc(C(=O)N3CCc4ccccc4C3)cc2N(CC(=O)Nc2ccc(Cl)cc2)C1=O. The van der Waals surface area contributed by atoms with Crippen LogP contribution in [0.5, 0.6) is 5.75 Å². The number of halogens is 1. The first-order valence-corrected chi connectivity index (χ1v) is 12.2. The molecule has 184 valence electrons. The maximum Gasteiger partial charge on any atom is 0.271 e. The molecule has 2 aliphatic rings. The minimum absolute atomic E-state index is 0.129. The number of amides is 3. The van der Waals surface area contributed by atoms with Gasteiger partial charge < -0.3 is 15.0 Å². The van der Waals surface area contributed by atoms with Crippen LogP contribution in [0.2, 0.25) is 5.02 Å². The Morgan fingerprint density at radius 3 is 2.50 bits per heavy atom. The smallest absolute Gasteiger partial charge is 0.271 e. The van der Waals surface area contributed by atoms with E-state index in [4.69, 9.17) is 16.3 Å². The van der Waals surface area contributed by atoms with Gasteiger partial charge in [0.15, 0.2) is 5.60 Å². The summed E-state index contributed by atoms with van der Waals surface area (Å²) in [6, 6.07) is 19.9. The van der Waals surface area contributed by atoms with Crippen LogP contribution < -0.4 is 15.0 Å². The Morgan fingerprint density at radius 2 is 1.75 bits per heavy atom. The Morgan fingerprint density at radius 1 is 1.03 bits per heavy atom. The molecule has 2 aliphatic heterocycles. The average molecular weight is 504 g/mol. The number of anilines is 2. The second-order valence-electron chi connectivity index (χ2n) is 9.49. The zero-order valence-electron chi connectivity index (χ0n) is 20.1. The molecule has 8 heteroatoms. The molecule has 1 N–H and O–H groups in total. The molecule has 0 aromatic heterocycles. The molecule has 3 aromatic carbocycles. The van der Waals surface area contributed by atoms with Crippen molar-refractivity contribution in [3.63, 3.8) is 0 Å². The molecule has 0 bridgehead atoms. The molecule has 36 heavy (non-hydrogen) atoms. The van der Waals surface area contributed by atoms with Gasteiger partial charge in [-0.15, -0.1) is 0 Å². The van der Waals surface area contributed by atoms with E-state index in [1.807, 2.05) is 18.2 Å². The first kappa shape index (κ1) is 23.9. The van der Waals surface area contributed by atoms with Gasteiger partial charge in [-0.2, -0.15) is 0 Å². The van der Waals surface area contributed by atoms with Gasteiger partial charge in [-0.3, -0.25) is 19.3 Å². The van der Waals surface area contributed by atoms with Gasteiger partial charge in [0.1, 0.15) is 12.3 Å². The standard InChI is InChI=1S/C28H26ClN3O4/c1-28(2)27(35)32(17-25(33)30-22-10-8-21(29)9-11-22)23-15-19(7-12-24(23)36-28)26(34)31-14-13-18-5-3-4-6-20(18)16-31/h3-12,15H,13-14,16-17H2,1-2H3,(H,30,33). The second-order valence-corrected chi connectivity index (χ2v) is 9.92. The van der Waals surface area contributed by atoms with Gasteiger partial charge in [0.25, 0.3) is 11.8 Å². The summed E-state index contributed by atoms with van der Waals surface area (Å²) in [7, 11) is 0. The Hall–Kier alpha value is -3.84. The van der Waals surface area contributed by atoms with E-state index in [-0.39, 0.29) is 24.3 Å². The maximum absolute atomic E-state index is 13.4. The third-order valence-electron chi connectivity index (χ3n) is 6.47. The van der Waals surface area contributed by atoms with Crippen molar-refractivity contribution >= 4 is 40.7 Å². The van der Waals surface area contributed by atoms with Crippen molar-refractivity contribution in [2.45, 2.75) is 32.4 Å². The Bertz CT molecular complexity index is 1350. The number of fused-ring (bicyclic) bond motifs is 2. The van der Waals surface area contributed by atoms with Crippen molar-refractivity contribution in [3.05, 3.63) is 88.4 Å². The van der Waals surface area contributed by atoms with E-state index in [9.17, 15) is 14.4 Å². The predicted octanol–water partition coefficient (Wildman–Crippen LogP) is 4.68. The molecule has 2 heterocycles. The molecule has 0 atom stereocenters. The molecule has 0 unspecified atom stereocenters. The van der Waals surface area contributed by atoms with E-state index in [0.29, 0.717) is 40.8 Å². The Kier molecular flexibility index (Phi) is 6.18. The van der Waals surface area contributed by atoms with Crippen molar-refractivity contribution in [2.75, 3.05) is 23.3 Å². The van der Waals surface area contributed by atoms with E-state index < -0.39 is 5.60 Å². The van der Waals surface area contributed by atoms with Crippen LogP contribution in [0.3, 0.4) is 0 Å². The van der Waals surface area contributed by atoms with Gasteiger partial charge >= 0.3 is 0 Å². The molecule has 0 saturated heterocycles. The molecule has 3 aromatic rings. The summed E-state index contributed by atoms with van der Waals surface area (Å²) < 4.78 is 5.94. The van der Waals surface area contributed by atoms with E-state index in [2.05, 4.69) is 11.4 Å². The lowest BCUT2D eigenvalue weighted by Crippen LogP contribution is -2.54. The molecule has 7 nitrogen and oxygen atoms in total. The summed E-state index contributed by atoms with van der Waals surface area (Å²) >= 11 is 5.92. The lowest BCUT2D eigenvalue weighted by atomic mass is 9.98. The second kappa shape index (κ2) is 9.32. The number of hydrogen-bond acceptors (Lipinski definition) is 4. The number of carbonyl (C=O) groups excluding carboxylic acids is 3. The van der Waals surface area contributed by atoms with E-state index in [1.165, 1.54) is 10.5 Å².